The molecule has 0 aromatic heterocycles. The van der Waals surface area contributed by atoms with Crippen LogP contribution in [0.4, 0.5) is 0 Å². The van der Waals surface area contributed by atoms with E-state index in [0.29, 0.717) is 41.4 Å². The van der Waals surface area contributed by atoms with Crippen molar-refractivity contribution in [1.82, 2.24) is 9.80 Å². The number of methoxy groups -OCH3 is 2. The molecule has 0 aliphatic carbocycles. The molecule has 0 amide bonds. The van der Waals surface area contributed by atoms with Gasteiger partial charge < -0.3 is 33.9 Å². The van der Waals surface area contributed by atoms with E-state index in [0.717, 1.165) is 27.8 Å². The molecule has 4 heterocycles. The Morgan fingerprint density at radius 2 is 1.95 bits per heavy atom. The maximum absolute atomic E-state index is 11.4. The van der Waals surface area contributed by atoms with Crippen molar-refractivity contribution < 1.29 is 33.9 Å². The van der Waals surface area contributed by atoms with Crippen molar-refractivity contribution in [1.29, 1.82) is 6.69 Å². The van der Waals surface area contributed by atoms with E-state index in [4.69, 9.17) is 30.2 Å². The molecule has 4 aliphatic heterocycles. The highest BCUT2D eigenvalue weighted by molar-refractivity contribution is 5.66. The van der Waals surface area contributed by atoms with Crippen molar-refractivity contribution in [2.45, 2.75) is 56.9 Å². The predicted octanol–water partition coefficient (Wildman–Crippen LogP) is 2.49. The van der Waals surface area contributed by atoms with Gasteiger partial charge in [0.1, 0.15) is 11.8 Å². The molecule has 202 valence electrons. The Labute approximate surface area is 223 Å². The molecule has 6 rings (SSSR count). The molecule has 4 aliphatic rings. The van der Waals surface area contributed by atoms with Gasteiger partial charge in [-0.05, 0) is 44.9 Å². The van der Waals surface area contributed by atoms with Crippen LogP contribution in [-0.2, 0) is 17.6 Å². The van der Waals surface area contributed by atoms with Gasteiger partial charge in [-0.2, -0.15) is 5.26 Å². The Bertz CT molecular complexity index is 1360. The Morgan fingerprint density at radius 3 is 2.66 bits per heavy atom. The maximum atomic E-state index is 11.4. The van der Waals surface area contributed by atoms with Crippen molar-refractivity contribution >= 4 is 0 Å². The topological polar surface area (TPSA) is 117 Å². The standard InChI is InChI=1S/C28H33N3O7/c1-13-6-15-7-17-19(9-29)31-18(23(30(17)3)21(15)27(25(13)35-5)36-11-34-4)8-16-22(20(31)10-32)28-26(37-12-38-28)14(2)24(16)33/h6,17-20,23,32-33H,7-8,10-12H2,1-5H3/t17-,18?,19-,20-,23-/m0/s1/i32T. The number of nitrogens with zero attached hydrogens (tertiary/aromatic N) is 3. The van der Waals surface area contributed by atoms with Crippen molar-refractivity contribution in [3.63, 3.8) is 0 Å². The summed E-state index contributed by atoms with van der Waals surface area (Å²) in [7, 11) is 5.25. The van der Waals surface area contributed by atoms with Gasteiger partial charge in [0, 0.05) is 41.4 Å². The lowest BCUT2D eigenvalue weighted by atomic mass is 9.71. The van der Waals surface area contributed by atoms with Gasteiger partial charge in [-0.25, -0.2) is 0 Å². The van der Waals surface area contributed by atoms with E-state index in [1.54, 1.807) is 14.2 Å². The zero-order chi connectivity index (χ0) is 27.6. The van der Waals surface area contributed by atoms with Crippen LogP contribution in [0.5, 0.6) is 28.7 Å². The maximum Gasteiger partial charge on any atom is 0.231 e. The van der Waals surface area contributed by atoms with E-state index in [-0.39, 0.29) is 44.1 Å². The van der Waals surface area contributed by atoms with Crippen LogP contribution in [0.2, 0.25) is 0 Å². The summed E-state index contributed by atoms with van der Waals surface area (Å²) in [5.41, 5.74) is 5.13. The third-order valence-corrected chi connectivity index (χ3v) is 8.75. The summed E-state index contributed by atoms with van der Waals surface area (Å²) in [6.45, 7) is 3.91. The molecular weight excluding hydrogens is 490 g/mol. The summed E-state index contributed by atoms with van der Waals surface area (Å²) in [4.78, 5) is 4.42. The van der Waals surface area contributed by atoms with Crippen LogP contribution in [0.3, 0.4) is 0 Å². The molecule has 2 bridgehead atoms. The number of aromatic hydroxyl groups is 1. The van der Waals surface area contributed by atoms with Crippen LogP contribution >= 0.6 is 0 Å². The number of hydrogen-bond acceptors (Lipinski definition) is 10. The number of fused-ring (bicyclic) bond motifs is 9. The SMILES string of the molecule is [3H]OC[C@H]1c2c(c(O)c(C)c3c2OCO3)CC2[C@H]3c4c(cc(C)c(OC)c4OCOC)C[C@@H]([C@H](C#N)N21)N3C. The smallest absolute Gasteiger partial charge is 0.231 e. The minimum Gasteiger partial charge on any atom is -0.507 e. The lowest BCUT2D eigenvalue weighted by Crippen LogP contribution is -2.68. The number of phenols is 1. The number of piperazine rings is 1. The number of rotatable bonds is 6. The fourth-order valence-electron chi connectivity index (χ4n) is 7.24. The van der Waals surface area contributed by atoms with E-state index >= 15 is 0 Å². The highest BCUT2D eigenvalue weighted by atomic mass is 16.7. The molecule has 2 aromatic rings. The number of likely N-dealkylation sites (N-methyl/N-ethyl adjacent to an activating group) is 1. The molecule has 10 nitrogen and oxygen atoms in total. The van der Waals surface area contributed by atoms with Gasteiger partial charge in [-0.15, -0.1) is 0 Å². The zero-order valence-corrected chi connectivity index (χ0v) is 22.2. The Hall–Kier alpha value is -3.23. The lowest BCUT2D eigenvalue weighted by Gasteiger charge is -2.59. The molecule has 1 unspecified atom stereocenters. The van der Waals surface area contributed by atoms with Gasteiger partial charge in [0.2, 0.25) is 8.22 Å². The number of hydrogen-bond donors (Lipinski definition) is 2. The van der Waals surface area contributed by atoms with Gasteiger partial charge in [0.05, 0.1) is 31.9 Å². The summed E-state index contributed by atoms with van der Waals surface area (Å²) in [6, 6.07) is 3.15. The molecule has 1 fully saturated rings. The third kappa shape index (κ3) is 3.26. The predicted molar refractivity (Wildman–Crippen MR) is 136 cm³/mol. The molecule has 38 heavy (non-hydrogen) atoms. The monoisotopic (exact) mass is 525 g/mol. The highest BCUT2D eigenvalue weighted by Crippen LogP contribution is 2.58. The minimum absolute atomic E-state index is 0.000241. The Morgan fingerprint density at radius 1 is 1.16 bits per heavy atom. The molecule has 2 aromatic carbocycles. The highest BCUT2D eigenvalue weighted by Gasteiger charge is 2.56. The average molecular weight is 526 g/mol. The first-order chi connectivity index (χ1) is 18.9. The largest absolute Gasteiger partial charge is 0.507 e. The molecular formula is C28H33N3O7. The third-order valence-electron chi connectivity index (χ3n) is 8.75. The summed E-state index contributed by atoms with van der Waals surface area (Å²) >= 11 is 0. The van der Waals surface area contributed by atoms with Crippen LogP contribution in [0.1, 0.15) is 45.5 Å². The van der Waals surface area contributed by atoms with E-state index in [2.05, 4.69) is 21.9 Å². The van der Waals surface area contributed by atoms with Gasteiger partial charge >= 0.3 is 0 Å². The molecule has 5 atom stereocenters. The molecule has 2 N–H and O–H groups in total. The second kappa shape index (κ2) is 9.20. The van der Waals surface area contributed by atoms with Gasteiger partial charge in [-0.3, -0.25) is 9.80 Å². The summed E-state index contributed by atoms with van der Waals surface area (Å²) < 4.78 is 36.6. The molecule has 0 radical (unpaired) electrons. The van der Waals surface area contributed by atoms with Crippen molar-refractivity contribution in [2.24, 2.45) is 0 Å². The molecule has 10 heteroatoms. The van der Waals surface area contributed by atoms with Crippen molar-refractivity contribution in [3.05, 3.63) is 39.4 Å². The summed E-state index contributed by atoms with van der Waals surface area (Å²) in [5, 5.41) is 27.0. The number of aliphatic hydroxyl groups excluding tert-OH is 1. The van der Waals surface area contributed by atoms with Crippen LogP contribution in [0.15, 0.2) is 6.07 Å². The first-order valence-corrected chi connectivity index (χ1v) is 12.8. The van der Waals surface area contributed by atoms with Crippen molar-refractivity contribution in [3.8, 4) is 34.8 Å². The second-order valence-electron chi connectivity index (χ2n) is 10.5. The normalized spacial score (nSPS) is 27.6. The minimum atomic E-state index is -0.501. The Balaban J connectivity index is 1.60. The molecule has 1 saturated heterocycles. The first-order valence-electron chi connectivity index (χ1n) is 13.2. The summed E-state index contributed by atoms with van der Waals surface area (Å²) in [6.07, 6.45) is 1.09. The van der Waals surface area contributed by atoms with Crippen LogP contribution in [-0.4, -0.2) is 81.0 Å². The van der Waals surface area contributed by atoms with Gasteiger partial charge in [0.25, 0.3) is 0 Å². The number of benzene rings is 2. The zero-order valence-electron chi connectivity index (χ0n) is 23.2. The number of aryl methyl sites for hydroxylation is 1. The van der Waals surface area contributed by atoms with Crippen LogP contribution in [0, 0.1) is 25.2 Å². The van der Waals surface area contributed by atoms with E-state index < -0.39 is 12.1 Å². The molecule has 0 saturated carbocycles. The van der Waals surface area contributed by atoms with E-state index in [1.807, 2.05) is 20.9 Å². The second-order valence-corrected chi connectivity index (χ2v) is 10.5. The quantitative estimate of drug-likeness (QED) is 0.545. The van der Waals surface area contributed by atoms with Crippen LogP contribution in [0.25, 0.3) is 0 Å². The summed E-state index contributed by atoms with van der Waals surface area (Å²) in [5.74, 6) is 2.49. The average Bonchev–Trinajstić information content (AvgIpc) is 3.41. The first kappa shape index (κ1) is 23.9. The van der Waals surface area contributed by atoms with Crippen LogP contribution < -0.4 is 18.9 Å². The number of aliphatic hydroxyl groups is 1. The van der Waals surface area contributed by atoms with Gasteiger partial charge in [-0.1, -0.05) is 6.07 Å². The number of phenolic OH excluding ortho intramolecular Hbond substituents is 1. The lowest BCUT2D eigenvalue weighted by molar-refractivity contribution is -0.0832. The fourth-order valence-corrected chi connectivity index (χ4v) is 7.24. The van der Waals surface area contributed by atoms with Crippen molar-refractivity contribution in [2.75, 3.05) is 41.5 Å². The fraction of sp³-hybridized carbons (Fsp3) is 0.536. The number of nitriles is 1. The Kier molecular flexibility index (Phi) is 5.78. The number of ether oxygens (including phenoxy) is 5. The van der Waals surface area contributed by atoms with E-state index in [9.17, 15) is 10.4 Å². The van der Waals surface area contributed by atoms with E-state index in [1.165, 1.54) is 0 Å². The van der Waals surface area contributed by atoms with Gasteiger partial charge in [0.15, 0.2) is 29.8 Å². The molecule has 0 spiro atoms.